The second-order valence-corrected chi connectivity index (χ2v) is 5.51. The summed E-state index contributed by atoms with van der Waals surface area (Å²) in [5, 5.41) is 3.70. The highest BCUT2D eigenvalue weighted by molar-refractivity contribution is 6.09. The molecule has 0 aliphatic carbocycles. The van der Waals surface area contributed by atoms with Crippen molar-refractivity contribution in [2.45, 2.75) is 6.92 Å². The van der Waals surface area contributed by atoms with Crippen molar-refractivity contribution in [1.29, 1.82) is 0 Å². The van der Waals surface area contributed by atoms with Crippen molar-refractivity contribution in [3.63, 3.8) is 0 Å². The van der Waals surface area contributed by atoms with Gasteiger partial charge in [0.05, 0.1) is 11.1 Å². The molecule has 0 unspecified atom stereocenters. The van der Waals surface area contributed by atoms with Crippen molar-refractivity contribution >= 4 is 28.4 Å². The van der Waals surface area contributed by atoms with Gasteiger partial charge in [-0.05, 0) is 47.9 Å². The number of rotatable bonds is 4. The number of aromatic amines is 1. The second-order valence-electron chi connectivity index (χ2n) is 5.51. The second kappa shape index (κ2) is 6.04. The van der Waals surface area contributed by atoms with Crippen LogP contribution in [0.3, 0.4) is 0 Å². The van der Waals surface area contributed by atoms with E-state index in [9.17, 15) is 9.59 Å². The van der Waals surface area contributed by atoms with Crippen molar-refractivity contribution in [3.05, 3.63) is 66.4 Å². The first kappa shape index (κ1) is 15.6. The number of aryl methyl sites for hydroxylation is 1. The Kier molecular flexibility index (Phi) is 3.92. The lowest BCUT2D eigenvalue weighted by molar-refractivity contribution is -0.111. The number of aromatic nitrogens is 1. The minimum Gasteiger partial charge on any atom is -0.366 e. The molecule has 3 aromatic rings. The third-order valence-electron chi connectivity index (χ3n) is 3.98. The summed E-state index contributed by atoms with van der Waals surface area (Å²) in [7, 11) is 0. The number of anilines is 1. The zero-order chi connectivity index (χ0) is 17.3. The predicted molar refractivity (Wildman–Crippen MR) is 95.8 cm³/mol. The Bertz CT molecular complexity index is 970. The lowest BCUT2D eigenvalue weighted by Gasteiger charge is -2.11. The van der Waals surface area contributed by atoms with Crippen molar-refractivity contribution < 1.29 is 9.59 Å². The van der Waals surface area contributed by atoms with Crippen LogP contribution < -0.4 is 11.1 Å². The fourth-order valence-corrected chi connectivity index (χ4v) is 2.72. The average molecular weight is 319 g/mol. The van der Waals surface area contributed by atoms with E-state index in [0.29, 0.717) is 11.1 Å². The van der Waals surface area contributed by atoms with Gasteiger partial charge in [0.1, 0.15) is 0 Å². The molecule has 0 atom stereocenters. The van der Waals surface area contributed by atoms with Crippen LogP contribution in [0.2, 0.25) is 0 Å². The van der Waals surface area contributed by atoms with Gasteiger partial charge in [-0.1, -0.05) is 24.8 Å². The Morgan fingerprint density at radius 3 is 2.71 bits per heavy atom. The van der Waals surface area contributed by atoms with Crippen molar-refractivity contribution in [2.75, 3.05) is 5.32 Å². The van der Waals surface area contributed by atoms with Crippen LogP contribution in [0.15, 0.2) is 55.3 Å². The van der Waals surface area contributed by atoms with Crippen molar-refractivity contribution in [2.24, 2.45) is 5.73 Å². The molecule has 0 aliphatic heterocycles. The molecule has 5 heteroatoms. The SMILES string of the molecule is C=CC(=O)Nc1cc(-c2ccc(C(N)=O)c3[nH]ccc23)ccc1C. The highest BCUT2D eigenvalue weighted by Gasteiger charge is 2.13. The van der Waals surface area contributed by atoms with E-state index < -0.39 is 5.91 Å². The molecule has 0 spiro atoms. The normalized spacial score (nSPS) is 10.5. The van der Waals surface area contributed by atoms with Crippen molar-refractivity contribution in [1.82, 2.24) is 4.98 Å². The lowest BCUT2D eigenvalue weighted by atomic mass is 9.97. The highest BCUT2D eigenvalue weighted by Crippen LogP contribution is 2.32. The number of H-pyrrole nitrogens is 1. The molecule has 1 heterocycles. The number of carbonyl (C=O) groups excluding carboxylic acids is 2. The number of nitrogens with one attached hydrogen (secondary N) is 2. The van der Waals surface area contributed by atoms with Crippen LogP contribution in [0.25, 0.3) is 22.0 Å². The monoisotopic (exact) mass is 319 g/mol. The van der Waals surface area contributed by atoms with E-state index in [2.05, 4.69) is 16.9 Å². The van der Waals surface area contributed by atoms with Gasteiger partial charge in [-0.25, -0.2) is 0 Å². The van der Waals surface area contributed by atoms with E-state index >= 15 is 0 Å². The first-order valence-electron chi connectivity index (χ1n) is 7.45. The quantitative estimate of drug-likeness (QED) is 0.644. The Labute approximate surface area is 139 Å². The zero-order valence-electron chi connectivity index (χ0n) is 13.2. The number of amides is 2. The molecule has 4 N–H and O–H groups in total. The van der Waals surface area contributed by atoms with Crippen LogP contribution in [0.4, 0.5) is 5.69 Å². The maximum atomic E-state index is 11.6. The highest BCUT2D eigenvalue weighted by atomic mass is 16.1. The zero-order valence-corrected chi connectivity index (χ0v) is 13.2. The fourth-order valence-electron chi connectivity index (χ4n) is 2.72. The summed E-state index contributed by atoms with van der Waals surface area (Å²) in [6.07, 6.45) is 3.01. The van der Waals surface area contributed by atoms with Gasteiger partial charge in [0.2, 0.25) is 5.91 Å². The maximum absolute atomic E-state index is 11.6. The molecule has 0 radical (unpaired) electrons. The molecule has 24 heavy (non-hydrogen) atoms. The Morgan fingerprint density at radius 1 is 1.21 bits per heavy atom. The van der Waals surface area contributed by atoms with Crippen LogP contribution in [0, 0.1) is 6.92 Å². The van der Waals surface area contributed by atoms with E-state index in [0.717, 1.165) is 27.8 Å². The molecular weight excluding hydrogens is 302 g/mol. The summed E-state index contributed by atoms with van der Waals surface area (Å²) in [5.41, 5.74) is 10.1. The van der Waals surface area contributed by atoms with Crippen LogP contribution in [-0.4, -0.2) is 16.8 Å². The number of hydrogen-bond donors (Lipinski definition) is 3. The Morgan fingerprint density at radius 2 is 2.00 bits per heavy atom. The molecule has 120 valence electrons. The van der Waals surface area contributed by atoms with Crippen LogP contribution in [-0.2, 0) is 4.79 Å². The van der Waals surface area contributed by atoms with Gasteiger partial charge in [-0.2, -0.15) is 0 Å². The van der Waals surface area contributed by atoms with Gasteiger partial charge in [0.15, 0.2) is 0 Å². The van der Waals surface area contributed by atoms with E-state index in [1.54, 1.807) is 12.3 Å². The molecular formula is C19H17N3O2. The van der Waals surface area contributed by atoms with Gasteiger partial charge >= 0.3 is 0 Å². The molecule has 0 bridgehead atoms. The van der Waals surface area contributed by atoms with Gasteiger partial charge in [-0.3, -0.25) is 9.59 Å². The summed E-state index contributed by atoms with van der Waals surface area (Å²) in [6, 6.07) is 11.3. The molecule has 1 aromatic heterocycles. The molecule has 0 saturated heterocycles. The number of benzene rings is 2. The third kappa shape index (κ3) is 2.67. The minimum atomic E-state index is -0.475. The summed E-state index contributed by atoms with van der Waals surface area (Å²) in [6.45, 7) is 5.39. The maximum Gasteiger partial charge on any atom is 0.250 e. The lowest BCUT2D eigenvalue weighted by Crippen LogP contribution is -2.11. The van der Waals surface area contributed by atoms with Gasteiger partial charge < -0.3 is 16.0 Å². The summed E-state index contributed by atoms with van der Waals surface area (Å²) >= 11 is 0. The minimum absolute atomic E-state index is 0.258. The number of fused-ring (bicyclic) bond motifs is 1. The van der Waals surface area contributed by atoms with E-state index in [1.165, 1.54) is 6.08 Å². The molecule has 0 saturated carbocycles. The number of primary amides is 1. The summed E-state index contributed by atoms with van der Waals surface area (Å²) in [4.78, 5) is 26.2. The smallest absolute Gasteiger partial charge is 0.250 e. The Hall–Kier alpha value is -3.34. The summed E-state index contributed by atoms with van der Waals surface area (Å²) in [5.74, 6) is -0.733. The number of nitrogens with two attached hydrogens (primary N) is 1. The average Bonchev–Trinajstić information content (AvgIpc) is 3.05. The molecule has 0 aliphatic rings. The number of hydrogen-bond acceptors (Lipinski definition) is 2. The fraction of sp³-hybridized carbons (Fsp3) is 0.0526. The molecule has 3 rings (SSSR count). The standard InChI is InChI=1S/C19H17N3O2/c1-3-17(23)22-16-10-12(5-4-11(16)2)13-6-7-15(19(20)24)18-14(13)8-9-21-18/h3-10,21H,1H2,2H3,(H2,20,24)(H,22,23). The van der Waals surface area contributed by atoms with Crippen molar-refractivity contribution in [3.8, 4) is 11.1 Å². The molecule has 5 nitrogen and oxygen atoms in total. The molecule has 0 fully saturated rings. The van der Waals surface area contributed by atoms with E-state index in [-0.39, 0.29) is 5.91 Å². The van der Waals surface area contributed by atoms with Crippen LogP contribution in [0.1, 0.15) is 15.9 Å². The Balaban J connectivity index is 2.14. The third-order valence-corrected chi connectivity index (χ3v) is 3.98. The first-order valence-corrected chi connectivity index (χ1v) is 7.45. The van der Waals surface area contributed by atoms with E-state index in [4.69, 9.17) is 5.73 Å². The van der Waals surface area contributed by atoms with Crippen LogP contribution >= 0.6 is 0 Å². The van der Waals surface area contributed by atoms with Gasteiger partial charge in [0, 0.05) is 17.3 Å². The number of carbonyl (C=O) groups is 2. The van der Waals surface area contributed by atoms with Gasteiger partial charge in [-0.15, -0.1) is 0 Å². The molecule has 2 amide bonds. The van der Waals surface area contributed by atoms with Crippen LogP contribution in [0.5, 0.6) is 0 Å². The van der Waals surface area contributed by atoms with E-state index in [1.807, 2.05) is 37.3 Å². The predicted octanol–water partition coefficient (Wildman–Crippen LogP) is 3.37. The first-order chi connectivity index (χ1) is 11.5. The topological polar surface area (TPSA) is 88.0 Å². The summed E-state index contributed by atoms with van der Waals surface area (Å²) < 4.78 is 0. The largest absolute Gasteiger partial charge is 0.366 e. The molecule has 2 aromatic carbocycles. The van der Waals surface area contributed by atoms with Gasteiger partial charge in [0.25, 0.3) is 5.91 Å².